The molecule has 5 nitrogen and oxygen atoms in total. The number of amides is 2. The summed E-state index contributed by atoms with van der Waals surface area (Å²) < 4.78 is 0. The third-order valence-corrected chi connectivity index (χ3v) is 4.12. The van der Waals surface area contributed by atoms with E-state index in [0.717, 1.165) is 38.9 Å². The minimum absolute atomic E-state index is 0.166. The van der Waals surface area contributed by atoms with E-state index in [0.29, 0.717) is 24.3 Å². The summed E-state index contributed by atoms with van der Waals surface area (Å²) in [7, 11) is 0. The van der Waals surface area contributed by atoms with Crippen molar-refractivity contribution >= 4 is 12.0 Å². The van der Waals surface area contributed by atoms with Crippen LogP contribution < -0.4 is 0 Å². The zero-order valence-corrected chi connectivity index (χ0v) is 12.5. The third-order valence-electron chi connectivity index (χ3n) is 4.12. The molecule has 1 N–H and O–H groups in total. The Balaban J connectivity index is 1.84. The lowest BCUT2D eigenvalue weighted by atomic mass is 10.0. The molecule has 0 bridgehead atoms. The van der Waals surface area contributed by atoms with Gasteiger partial charge in [-0.3, -0.25) is 4.79 Å². The van der Waals surface area contributed by atoms with E-state index in [-0.39, 0.29) is 12.5 Å². The Morgan fingerprint density at radius 1 is 1.30 bits per heavy atom. The average Bonchev–Trinajstić information content (AvgIpc) is 3.10. The topological polar surface area (TPSA) is 60.9 Å². The first-order chi connectivity index (χ1) is 9.47. The summed E-state index contributed by atoms with van der Waals surface area (Å²) in [4.78, 5) is 27.1. The van der Waals surface area contributed by atoms with Gasteiger partial charge >= 0.3 is 12.0 Å². The van der Waals surface area contributed by atoms with Gasteiger partial charge in [-0.2, -0.15) is 0 Å². The van der Waals surface area contributed by atoms with Gasteiger partial charge in [-0.25, -0.2) is 4.79 Å². The van der Waals surface area contributed by atoms with Crippen molar-refractivity contribution in [1.29, 1.82) is 0 Å². The summed E-state index contributed by atoms with van der Waals surface area (Å²) >= 11 is 0. The van der Waals surface area contributed by atoms with E-state index >= 15 is 0 Å². The van der Waals surface area contributed by atoms with Crippen molar-refractivity contribution in [2.75, 3.05) is 19.6 Å². The molecule has 0 spiro atoms. The number of hydrogen-bond donors (Lipinski definition) is 1. The Kier molecular flexibility index (Phi) is 4.89. The Morgan fingerprint density at radius 2 is 2.00 bits per heavy atom. The van der Waals surface area contributed by atoms with Crippen LogP contribution in [0, 0.1) is 11.8 Å². The third kappa shape index (κ3) is 4.12. The molecule has 1 heterocycles. The van der Waals surface area contributed by atoms with E-state index in [1.54, 1.807) is 0 Å². The normalized spacial score (nSPS) is 22.4. The number of carbonyl (C=O) groups excluding carboxylic acids is 1. The molecule has 0 aromatic rings. The SMILES string of the molecule is CC(C)CN(C(=O)N1CCC(CCC(=O)O)C1)C1CC1. The second-order valence-electron chi connectivity index (χ2n) is 6.59. The van der Waals surface area contributed by atoms with Gasteiger partial charge in [0, 0.05) is 32.1 Å². The van der Waals surface area contributed by atoms with Crippen LogP contribution in [-0.2, 0) is 4.79 Å². The second kappa shape index (κ2) is 6.46. The van der Waals surface area contributed by atoms with Crippen molar-refractivity contribution in [2.24, 2.45) is 11.8 Å². The van der Waals surface area contributed by atoms with Crippen LogP contribution >= 0.6 is 0 Å². The Bertz CT molecular complexity index is 366. The molecular formula is C15H26N2O3. The molecular weight excluding hydrogens is 256 g/mol. The van der Waals surface area contributed by atoms with E-state index in [1.165, 1.54) is 0 Å². The van der Waals surface area contributed by atoms with Gasteiger partial charge in [-0.1, -0.05) is 13.8 Å². The van der Waals surface area contributed by atoms with Crippen LogP contribution in [-0.4, -0.2) is 52.6 Å². The number of likely N-dealkylation sites (tertiary alicyclic amines) is 1. The first-order valence-electron chi connectivity index (χ1n) is 7.74. The van der Waals surface area contributed by atoms with Gasteiger partial charge < -0.3 is 14.9 Å². The fourth-order valence-corrected chi connectivity index (χ4v) is 2.91. The lowest BCUT2D eigenvalue weighted by molar-refractivity contribution is -0.137. The van der Waals surface area contributed by atoms with Crippen LogP contribution in [0.25, 0.3) is 0 Å². The van der Waals surface area contributed by atoms with E-state index in [4.69, 9.17) is 5.11 Å². The van der Waals surface area contributed by atoms with E-state index in [2.05, 4.69) is 13.8 Å². The number of carbonyl (C=O) groups is 2. The molecule has 1 saturated heterocycles. The maximum absolute atomic E-state index is 12.6. The molecule has 114 valence electrons. The van der Waals surface area contributed by atoms with Crippen LogP contribution in [0.3, 0.4) is 0 Å². The molecule has 1 atom stereocenters. The highest BCUT2D eigenvalue weighted by Gasteiger charge is 2.37. The van der Waals surface area contributed by atoms with E-state index < -0.39 is 5.97 Å². The number of urea groups is 1. The predicted octanol–water partition coefficient (Wildman–Crippen LogP) is 2.41. The van der Waals surface area contributed by atoms with Gasteiger partial charge in [0.2, 0.25) is 0 Å². The van der Waals surface area contributed by atoms with Crippen LogP contribution in [0.4, 0.5) is 4.79 Å². The van der Waals surface area contributed by atoms with Crippen molar-refractivity contribution in [1.82, 2.24) is 9.80 Å². The number of hydrogen-bond acceptors (Lipinski definition) is 2. The molecule has 0 aromatic carbocycles. The van der Waals surface area contributed by atoms with Gasteiger partial charge in [0.25, 0.3) is 0 Å². The van der Waals surface area contributed by atoms with Crippen molar-refractivity contribution in [3.63, 3.8) is 0 Å². The first-order valence-corrected chi connectivity index (χ1v) is 7.74. The largest absolute Gasteiger partial charge is 0.481 e. The average molecular weight is 282 g/mol. The number of carboxylic acids is 1. The van der Waals surface area contributed by atoms with Gasteiger partial charge in [0.1, 0.15) is 0 Å². The van der Waals surface area contributed by atoms with Crippen molar-refractivity contribution in [3.8, 4) is 0 Å². The van der Waals surface area contributed by atoms with Crippen LogP contribution in [0.2, 0.25) is 0 Å². The molecule has 0 aromatic heterocycles. The van der Waals surface area contributed by atoms with Crippen LogP contribution in [0.1, 0.15) is 46.0 Å². The molecule has 1 aliphatic carbocycles. The number of aliphatic carboxylic acids is 1. The Labute approximate surface area is 120 Å². The number of nitrogens with zero attached hydrogens (tertiary/aromatic N) is 2. The molecule has 20 heavy (non-hydrogen) atoms. The summed E-state index contributed by atoms with van der Waals surface area (Å²) in [5.74, 6) is 0.106. The maximum Gasteiger partial charge on any atom is 0.320 e. The standard InChI is InChI=1S/C15H26N2O3/c1-11(2)9-17(13-4-5-13)15(20)16-8-7-12(10-16)3-6-14(18)19/h11-13H,3-10H2,1-2H3,(H,18,19). The monoisotopic (exact) mass is 282 g/mol. The fraction of sp³-hybridized carbons (Fsp3) is 0.867. The van der Waals surface area contributed by atoms with Crippen LogP contribution in [0.5, 0.6) is 0 Å². The first kappa shape index (κ1) is 15.1. The minimum Gasteiger partial charge on any atom is -0.481 e. The van der Waals surface area contributed by atoms with Gasteiger partial charge in [-0.15, -0.1) is 0 Å². The van der Waals surface area contributed by atoms with Crippen molar-refractivity contribution in [3.05, 3.63) is 0 Å². The zero-order chi connectivity index (χ0) is 14.7. The minimum atomic E-state index is -0.741. The molecule has 2 fully saturated rings. The second-order valence-corrected chi connectivity index (χ2v) is 6.59. The molecule has 1 saturated carbocycles. The van der Waals surface area contributed by atoms with E-state index in [9.17, 15) is 9.59 Å². The fourth-order valence-electron chi connectivity index (χ4n) is 2.91. The summed E-state index contributed by atoms with van der Waals surface area (Å²) in [6, 6.07) is 0.613. The highest BCUT2D eigenvalue weighted by Crippen LogP contribution is 2.30. The highest BCUT2D eigenvalue weighted by atomic mass is 16.4. The van der Waals surface area contributed by atoms with Crippen LogP contribution in [0.15, 0.2) is 0 Å². The molecule has 5 heteroatoms. The Hall–Kier alpha value is -1.26. The smallest absolute Gasteiger partial charge is 0.320 e. The molecule has 1 aliphatic heterocycles. The van der Waals surface area contributed by atoms with Gasteiger partial charge in [0.15, 0.2) is 0 Å². The number of rotatable bonds is 6. The lowest BCUT2D eigenvalue weighted by Crippen LogP contribution is -2.45. The van der Waals surface area contributed by atoms with Gasteiger partial charge in [0.05, 0.1) is 0 Å². The maximum atomic E-state index is 12.6. The number of carboxylic acid groups (broad SMARTS) is 1. The molecule has 2 aliphatic rings. The predicted molar refractivity (Wildman–Crippen MR) is 76.5 cm³/mol. The molecule has 1 unspecified atom stereocenters. The lowest BCUT2D eigenvalue weighted by Gasteiger charge is -2.29. The highest BCUT2D eigenvalue weighted by molar-refractivity contribution is 5.75. The zero-order valence-electron chi connectivity index (χ0n) is 12.5. The van der Waals surface area contributed by atoms with E-state index in [1.807, 2.05) is 9.80 Å². The molecule has 2 rings (SSSR count). The summed E-state index contributed by atoms with van der Waals surface area (Å²) in [6.45, 7) is 6.63. The Morgan fingerprint density at radius 3 is 2.55 bits per heavy atom. The molecule has 0 radical (unpaired) electrons. The summed E-state index contributed by atoms with van der Waals surface area (Å²) in [5.41, 5.74) is 0. The quantitative estimate of drug-likeness (QED) is 0.814. The summed E-state index contributed by atoms with van der Waals surface area (Å²) in [6.07, 6.45) is 4.11. The van der Waals surface area contributed by atoms with Crippen molar-refractivity contribution in [2.45, 2.75) is 52.0 Å². The summed E-state index contributed by atoms with van der Waals surface area (Å²) in [5, 5.41) is 8.73. The van der Waals surface area contributed by atoms with Crippen molar-refractivity contribution < 1.29 is 14.7 Å². The molecule has 2 amide bonds. The van der Waals surface area contributed by atoms with Gasteiger partial charge in [-0.05, 0) is 37.5 Å².